The molecule has 0 bridgehead atoms. The van der Waals surface area contributed by atoms with Gasteiger partial charge in [-0.3, -0.25) is 9.59 Å². The Balaban J connectivity index is 2.87. The number of carbonyl (C=O) groups is 2. The number of hydrogen-bond acceptors (Lipinski definition) is 5. The highest BCUT2D eigenvalue weighted by molar-refractivity contribution is 9.10. The van der Waals surface area contributed by atoms with Crippen LogP contribution in [0, 0.1) is 0 Å². The fourth-order valence-corrected chi connectivity index (χ4v) is 1.77. The molecule has 0 radical (unpaired) electrons. The van der Waals surface area contributed by atoms with Crippen LogP contribution < -0.4 is 4.74 Å². The zero-order valence-corrected chi connectivity index (χ0v) is 12.4. The van der Waals surface area contributed by atoms with Gasteiger partial charge in [0, 0.05) is 11.6 Å². The largest absolute Gasteiger partial charge is 0.467 e. The Labute approximate surface area is 120 Å². The van der Waals surface area contributed by atoms with Crippen molar-refractivity contribution in [1.82, 2.24) is 0 Å². The second kappa shape index (κ2) is 7.91. The van der Waals surface area contributed by atoms with Crippen molar-refractivity contribution in [2.24, 2.45) is 0 Å². The van der Waals surface area contributed by atoms with Crippen molar-refractivity contribution in [3.05, 3.63) is 28.2 Å². The molecule has 0 aromatic heterocycles. The standard InChI is InChI=1S/C13H15BrO5/c1-3-18-13(16)7-11(15)10-6-9(14)4-5-12(10)19-8-17-2/h4-6H,3,7-8H2,1-2H3. The number of rotatable bonds is 7. The quantitative estimate of drug-likeness (QED) is 0.333. The number of esters is 1. The first-order chi connectivity index (χ1) is 9.08. The molecule has 0 N–H and O–H groups in total. The molecular formula is C13H15BrO5. The molecule has 0 unspecified atom stereocenters. The maximum absolute atomic E-state index is 12.0. The predicted molar refractivity (Wildman–Crippen MR) is 72.2 cm³/mol. The van der Waals surface area contributed by atoms with Gasteiger partial charge in [0.15, 0.2) is 12.6 Å². The number of carbonyl (C=O) groups excluding carboxylic acids is 2. The van der Waals surface area contributed by atoms with E-state index in [9.17, 15) is 9.59 Å². The molecule has 5 nitrogen and oxygen atoms in total. The number of benzene rings is 1. The van der Waals surface area contributed by atoms with Crippen LogP contribution in [-0.2, 0) is 14.3 Å². The van der Waals surface area contributed by atoms with Gasteiger partial charge in [-0.2, -0.15) is 0 Å². The van der Waals surface area contributed by atoms with Crippen LogP contribution in [-0.4, -0.2) is 32.3 Å². The van der Waals surface area contributed by atoms with E-state index in [1.807, 2.05) is 0 Å². The Morgan fingerprint density at radius 1 is 1.32 bits per heavy atom. The third kappa shape index (κ3) is 5.00. The Morgan fingerprint density at radius 3 is 2.68 bits per heavy atom. The first kappa shape index (κ1) is 15.7. The van der Waals surface area contributed by atoms with Gasteiger partial charge in [0.1, 0.15) is 12.2 Å². The molecule has 104 valence electrons. The van der Waals surface area contributed by atoms with Crippen molar-refractivity contribution in [3.63, 3.8) is 0 Å². The Hall–Kier alpha value is -1.40. The molecule has 0 aliphatic rings. The van der Waals surface area contributed by atoms with Crippen LogP contribution in [0.2, 0.25) is 0 Å². The van der Waals surface area contributed by atoms with Crippen molar-refractivity contribution < 1.29 is 23.8 Å². The molecule has 0 aliphatic carbocycles. The van der Waals surface area contributed by atoms with Crippen molar-refractivity contribution in [3.8, 4) is 5.75 Å². The summed E-state index contributed by atoms with van der Waals surface area (Å²) in [4.78, 5) is 23.3. The van der Waals surface area contributed by atoms with Gasteiger partial charge < -0.3 is 14.2 Å². The topological polar surface area (TPSA) is 61.8 Å². The minimum absolute atomic E-state index is 0.0291. The van der Waals surface area contributed by atoms with Gasteiger partial charge in [0.25, 0.3) is 0 Å². The second-order valence-electron chi connectivity index (χ2n) is 3.60. The first-order valence-electron chi connectivity index (χ1n) is 5.68. The van der Waals surface area contributed by atoms with E-state index in [1.165, 1.54) is 7.11 Å². The van der Waals surface area contributed by atoms with E-state index in [0.29, 0.717) is 11.3 Å². The minimum atomic E-state index is -0.551. The van der Waals surface area contributed by atoms with Crippen LogP contribution in [0.3, 0.4) is 0 Å². The maximum Gasteiger partial charge on any atom is 0.313 e. The minimum Gasteiger partial charge on any atom is -0.467 e. The van der Waals surface area contributed by atoms with E-state index in [1.54, 1.807) is 25.1 Å². The summed E-state index contributed by atoms with van der Waals surface area (Å²) in [6.07, 6.45) is -0.312. The molecule has 1 aromatic rings. The van der Waals surface area contributed by atoms with Crippen LogP contribution >= 0.6 is 15.9 Å². The van der Waals surface area contributed by atoms with Crippen LogP contribution in [0.4, 0.5) is 0 Å². The summed E-state index contributed by atoms with van der Waals surface area (Å²) in [6, 6.07) is 4.99. The van der Waals surface area contributed by atoms with Crippen molar-refractivity contribution >= 4 is 27.7 Å². The molecule has 0 heterocycles. The average Bonchev–Trinajstić information content (AvgIpc) is 2.37. The van der Waals surface area contributed by atoms with Gasteiger partial charge in [-0.25, -0.2) is 0 Å². The molecule has 0 atom stereocenters. The normalized spacial score (nSPS) is 10.1. The number of hydrogen-bond donors (Lipinski definition) is 0. The van der Waals surface area contributed by atoms with E-state index in [2.05, 4.69) is 15.9 Å². The van der Waals surface area contributed by atoms with Gasteiger partial charge >= 0.3 is 5.97 Å². The summed E-state index contributed by atoms with van der Waals surface area (Å²) in [6.45, 7) is 1.97. The van der Waals surface area contributed by atoms with E-state index in [0.717, 1.165) is 4.47 Å². The third-order valence-electron chi connectivity index (χ3n) is 2.18. The summed E-state index contributed by atoms with van der Waals surface area (Å²) >= 11 is 3.27. The average molecular weight is 331 g/mol. The lowest BCUT2D eigenvalue weighted by atomic mass is 10.1. The van der Waals surface area contributed by atoms with Gasteiger partial charge in [0.2, 0.25) is 0 Å². The molecule has 0 fully saturated rings. The van der Waals surface area contributed by atoms with Gasteiger partial charge in [-0.1, -0.05) is 15.9 Å². The zero-order valence-electron chi connectivity index (χ0n) is 10.8. The summed E-state index contributed by atoms with van der Waals surface area (Å²) in [5.74, 6) is -0.532. The predicted octanol–water partition coefficient (Wildman–Crippen LogP) is 2.57. The first-order valence-corrected chi connectivity index (χ1v) is 6.47. The lowest BCUT2D eigenvalue weighted by Gasteiger charge is -2.10. The lowest BCUT2D eigenvalue weighted by molar-refractivity contribution is -0.141. The molecule has 1 aromatic carbocycles. The Morgan fingerprint density at radius 2 is 2.05 bits per heavy atom. The summed E-state index contributed by atoms with van der Waals surface area (Å²) in [5.41, 5.74) is 0.319. The zero-order chi connectivity index (χ0) is 14.3. The van der Waals surface area contributed by atoms with Crippen LogP contribution in [0.5, 0.6) is 5.75 Å². The molecule has 19 heavy (non-hydrogen) atoms. The molecule has 0 amide bonds. The van der Waals surface area contributed by atoms with E-state index in [4.69, 9.17) is 14.2 Å². The summed E-state index contributed by atoms with van der Waals surface area (Å²) in [7, 11) is 1.49. The van der Waals surface area contributed by atoms with E-state index < -0.39 is 5.97 Å². The third-order valence-corrected chi connectivity index (χ3v) is 2.68. The molecule has 1 rings (SSSR count). The highest BCUT2D eigenvalue weighted by atomic mass is 79.9. The molecule has 0 saturated heterocycles. The smallest absolute Gasteiger partial charge is 0.313 e. The van der Waals surface area contributed by atoms with Gasteiger partial charge in [-0.05, 0) is 25.1 Å². The molecule has 0 aliphatic heterocycles. The molecule has 0 spiro atoms. The number of Topliss-reactive ketones (excluding diaryl/α,β-unsaturated/α-hetero) is 1. The van der Waals surface area contributed by atoms with Crippen molar-refractivity contribution in [1.29, 1.82) is 0 Å². The fraction of sp³-hybridized carbons (Fsp3) is 0.385. The number of methoxy groups -OCH3 is 1. The SMILES string of the molecule is CCOC(=O)CC(=O)c1cc(Br)ccc1OCOC. The number of ether oxygens (including phenoxy) is 3. The van der Waals surface area contributed by atoms with Crippen LogP contribution in [0.25, 0.3) is 0 Å². The fourth-order valence-electron chi connectivity index (χ4n) is 1.41. The van der Waals surface area contributed by atoms with E-state index in [-0.39, 0.29) is 25.6 Å². The Kier molecular flexibility index (Phi) is 6.52. The highest BCUT2D eigenvalue weighted by Crippen LogP contribution is 2.24. The number of halogens is 1. The summed E-state index contributed by atoms with van der Waals surface area (Å²) in [5, 5.41) is 0. The van der Waals surface area contributed by atoms with Crippen molar-refractivity contribution in [2.75, 3.05) is 20.5 Å². The second-order valence-corrected chi connectivity index (χ2v) is 4.51. The molecular weight excluding hydrogens is 316 g/mol. The monoisotopic (exact) mass is 330 g/mol. The van der Waals surface area contributed by atoms with Gasteiger partial charge in [-0.15, -0.1) is 0 Å². The molecule has 6 heteroatoms. The Bertz CT molecular complexity index is 458. The van der Waals surface area contributed by atoms with Crippen molar-refractivity contribution in [2.45, 2.75) is 13.3 Å². The maximum atomic E-state index is 12.0. The van der Waals surface area contributed by atoms with Crippen LogP contribution in [0.15, 0.2) is 22.7 Å². The number of ketones is 1. The molecule has 0 saturated carbocycles. The van der Waals surface area contributed by atoms with Gasteiger partial charge in [0.05, 0.1) is 12.2 Å². The van der Waals surface area contributed by atoms with Crippen LogP contribution in [0.1, 0.15) is 23.7 Å². The lowest BCUT2D eigenvalue weighted by Crippen LogP contribution is -2.13. The van der Waals surface area contributed by atoms with E-state index >= 15 is 0 Å². The summed E-state index contributed by atoms with van der Waals surface area (Å²) < 4.78 is 15.6. The highest BCUT2D eigenvalue weighted by Gasteiger charge is 2.17.